The first-order valence-corrected chi connectivity index (χ1v) is 8.44. The molecule has 1 atom stereocenters. The number of nitrogens with one attached hydrogen (secondary N) is 2. The molecule has 1 aromatic carbocycles. The maximum atomic E-state index is 12.1. The average molecular weight is 343 g/mol. The van der Waals surface area contributed by atoms with Gasteiger partial charge in [-0.05, 0) is 38.3 Å². The van der Waals surface area contributed by atoms with Crippen molar-refractivity contribution in [2.75, 3.05) is 11.9 Å². The van der Waals surface area contributed by atoms with Gasteiger partial charge in [0.2, 0.25) is 0 Å². The quantitative estimate of drug-likeness (QED) is 0.757. The first-order valence-electron chi connectivity index (χ1n) is 8.44. The van der Waals surface area contributed by atoms with Gasteiger partial charge in [0, 0.05) is 19.3 Å². The van der Waals surface area contributed by atoms with Gasteiger partial charge in [-0.2, -0.15) is 0 Å². The number of benzene rings is 1. The van der Waals surface area contributed by atoms with E-state index in [-0.39, 0.29) is 12.1 Å². The number of aryl methyl sites for hydroxylation is 2. The highest BCUT2D eigenvalue weighted by atomic mass is 16.5. The van der Waals surface area contributed by atoms with Crippen LogP contribution in [0.2, 0.25) is 0 Å². The van der Waals surface area contributed by atoms with E-state index < -0.39 is 5.97 Å². The van der Waals surface area contributed by atoms with Crippen molar-refractivity contribution in [3.8, 4) is 0 Å². The van der Waals surface area contributed by atoms with Crippen molar-refractivity contribution in [2.24, 2.45) is 7.05 Å². The third-order valence-electron chi connectivity index (χ3n) is 3.83. The number of esters is 1. The third-order valence-corrected chi connectivity index (χ3v) is 3.83. The van der Waals surface area contributed by atoms with Crippen LogP contribution >= 0.6 is 0 Å². The number of carbonyl (C=O) groups excluding carboxylic acids is 2. The fourth-order valence-electron chi connectivity index (χ4n) is 2.53. The van der Waals surface area contributed by atoms with Crippen LogP contribution in [0, 0.1) is 0 Å². The van der Waals surface area contributed by atoms with E-state index >= 15 is 0 Å². The molecule has 6 heteroatoms. The Bertz CT molecular complexity index is 710. The van der Waals surface area contributed by atoms with Crippen molar-refractivity contribution >= 4 is 17.7 Å². The lowest BCUT2D eigenvalue weighted by atomic mass is 10.1. The number of anilines is 1. The van der Waals surface area contributed by atoms with Crippen LogP contribution in [0.5, 0.6) is 0 Å². The van der Waals surface area contributed by atoms with E-state index in [1.165, 1.54) is 5.56 Å². The molecule has 134 valence electrons. The zero-order valence-corrected chi connectivity index (χ0v) is 14.9. The molecule has 1 aromatic heterocycles. The molecule has 0 saturated carbocycles. The summed E-state index contributed by atoms with van der Waals surface area (Å²) in [6.07, 6.45) is 3.43. The Balaban J connectivity index is 1.83. The second kappa shape index (κ2) is 8.92. The van der Waals surface area contributed by atoms with Gasteiger partial charge in [0.15, 0.2) is 0 Å². The van der Waals surface area contributed by atoms with Crippen molar-refractivity contribution in [1.29, 1.82) is 0 Å². The molecular weight excluding hydrogens is 318 g/mol. The normalized spacial score (nSPS) is 11.6. The zero-order valence-electron chi connectivity index (χ0n) is 14.9. The first-order chi connectivity index (χ1) is 12.0. The molecule has 0 unspecified atom stereocenters. The first kappa shape index (κ1) is 18.6. The number of hydrogen-bond acceptors (Lipinski definition) is 3. The molecule has 0 spiro atoms. The SMILES string of the molecule is CCOC(=O)c1cc(NC(=O)N[C@@H](C)CCc2ccccc2)cn1C. The minimum absolute atomic E-state index is 0.0356. The molecule has 0 saturated heterocycles. The Kier molecular flexibility index (Phi) is 6.62. The maximum absolute atomic E-state index is 12.1. The van der Waals surface area contributed by atoms with E-state index in [9.17, 15) is 9.59 Å². The van der Waals surface area contributed by atoms with Crippen LogP contribution in [-0.4, -0.2) is 29.2 Å². The third kappa shape index (κ3) is 5.67. The van der Waals surface area contributed by atoms with Gasteiger partial charge in [0.25, 0.3) is 0 Å². The average Bonchev–Trinajstić information content (AvgIpc) is 2.94. The standard InChI is InChI=1S/C19H25N3O3/c1-4-25-18(23)17-12-16(13-22(17)3)21-19(24)20-14(2)10-11-15-8-6-5-7-9-15/h5-9,12-14H,4,10-11H2,1-3H3,(H2,20,21,24)/t14-/m0/s1. The van der Waals surface area contributed by atoms with Crippen molar-refractivity contribution < 1.29 is 14.3 Å². The Hall–Kier alpha value is -2.76. The van der Waals surface area contributed by atoms with Crippen LogP contribution in [0.25, 0.3) is 0 Å². The molecule has 2 amide bonds. The summed E-state index contributed by atoms with van der Waals surface area (Å²) in [6, 6.07) is 11.5. The van der Waals surface area contributed by atoms with Crippen molar-refractivity contribution in [3.05, 3.63) is 53.9 Å². The van der Waals surface area contributed by atoms with E-state index in [0.29, 0.717) is 18.0 Å². The summed E-state index contributed by atoms with van der Waals surface area (Å²) in [7, 11) is 1.73. The van der Waals surface area contributed by atoms with Crippen molar-refractivity contribution in [1.82, 2.24) is 9.88 Å². The minimum Gasteiger partial charge on any atom is -0.461 e. The number of aromatic nitrogens is 1. The lowest BCUT2D eigenvalue weighted by Gasteiger charge is -2.14. The van der Waals surface area contributed by atoms with Crippen LogP contribution in [0.3, 0.4) is 0 Å². The van der Waals surface area contributed by atoms with E-state index in [1.807, 2.05) is 25.1 Å². The summed E-state index contributed by atoms with van der Waals surface area (Å²) in [5.41, 5.74) is 2.20. The molecule has 1 heterocycles. The van der Waals surface area contributed by atoms with Crippen molar-refractivity contribution in [3.63, 3.8) is 0 Å². The molecule has 2 aromatic rings. The lowest BCUT2D eigenvalue weighted by Crippen LogP contribution is -2.36. The Morgan fingerprint density at radius 2 is 1.96 bits per heavy atom. The van der Waals surface area contributed by atoms with Crippen LogP contribution in [-0.2, 0) is 18.2 Å². The van der Waals surface area contributed by atoms with E-state index in [2.05, 4.69) is 22.8 Å². The van der Waals surface area contributed by atoms with Crippen molar-refractivity contribution in [2.45, 2.75) is 32.7 Å². The van der Waals surface area contributed by atoms with Gasteiger partial charge in [-0.1, -0.05) is 30.3 Å². The number of carbonyl (C=O) groups is 2. The van der Waals surface area contributed by atoms with Crippen LogP contribution in [0.15, 0.2) is 42.6 Å². The topological polar surface area (TPSA) is 72.4 Å². The highest BCUT2D eigenvalue weighted by molar-refractivity contribution is 5.93. The molecule has 6 nitrogen and oxygen atoms in total. The highest BCUT2D eigenvalue weighted by Crippen LogP contribution is 2.14. The van der Waals surface area contributed by atoms with E-state index in [1.54, 1.807) is 30.8 Å². The minimum atomic E-state index is -0.408. The van der Waals surface area contributed by atoms with Crippen LogP contribution in [0.4, 0.5) is 10.5 Å². The molecule has 0 aliphatic carbocycles. The second-order valence-corrected chi connectivity index (χ2v) is 5.97. The Morgan fingerprint density at radius 1 is 1.24 bits per heavy atom. The molecule has 0 aliphatic heterocycles. The van der Waals surface area contributed by atoms with Gasteiger partial charge in [-0.25, -0.2) is 9.59 Å². The van der Waals surface area contributed by atoms with Gasteiger partial charge in [0.05, 0.1) is 12.3 Å². The molecule has 0 radical (unpaired) electrons. The monoisotopic (exact) mass is 343 g/mol. The number of rotatable bonds is 7. The van der Waals surface area contributed by atoms with Gasteiger partial charge < -0.3 is 19.9 Å². The fourth-order valence-corrected chi connectivity index (χ4v) is 2.53. The fraction of sp³-hybridized carbons (Fsp3) is 0.368. The summed E-state index contributed by atoms with van der Waals surface area (Å²) < 4.78 is 6.61. The maximum Gasteiger partial charge on any atom is 0.355 e. The molecule has 2 N–H and O–H groups in total. The van der Waals surface area contributed by atoms with Crippen LogP contribution < -0.4 is 10.6 Å². The molecule has 0 fully saturated rings. The lowest BCUT2D eigenvalue weighted by molar-refractivity contribution is 0.0515. The number of nitrogens with zero attached hydrogens (tertiary/aromatic N) is 1. The number of urea groups is 1. The second-order valence-electron chi connectivity index (χ2n) is 5.97. The molecular formula is C19H25N3O3. The number of hydrogen-bond donors (Lipinski definition) is 2. The Labute approximate surface area is 148 Å². The van der Waals surface area contributed by atoms with Gasteiger partial charge in [-0.3, -0.25) is 0 Å². The summed E-state index contributed by atoms with van der Waals surface area (Å²) >= 11 is 0. The summed E-state index contributed by atoms with van der Waals surface area (Å²) in [5.74, 6) is -0.408. The van der Waals surface area contributed by atoms with Crippen LogP contribution in [0.1, 0.15) is 36.3 Å². The predicted octanol–water partition coefficient (Wildman–Crippen LogP) is 3.34. The number of ether oxygens (including phenoxy) is 1. The van der Waals surface area contributed by atoms with E-state index in [0.717, 1.165) is 12.8 Å². The Morgan fingerprint density at radius 3 is 2.64 bits per heavy atom. The zero-order chi connectivity index (χ0) is 18.2. The summed E-state index contributed by atoms with van der Waals surface area (Å²) in [5, 5.41) is 5.66. The molecule has 0 bridgehead atoms. The number of amides is 2. The van der Waals surface area contributed by atoms with Gasteiger partial charge in [-0.15, -0.1) is 0 Å². The van der Waals surface area contributed by atoms with Gasteiger partial charge in [0.1, 0.15) is 5.69 Å². The summed E-state index contributed by atoms with van der Waals surface area (Å²) in [4.78, 5) is 23.9. The largest absolute Gasteiger partial charge is 0.461 e. The molecule has 25 heavy (non-hydrogen) atoms. The summed E-state index contributed by atoms with van der Waals surface area (Å²) in [6.45, 7) is 4.04. The predicted molar refractivity (Wildman–Crippen MR) is 97.7 cm³/mol. The molecule has 0 aliphatic rings. The smallest absolute Gasteiger partial charge is 0.355 e. The molecule has 2 rings (SSSR count). The van der Waals surface area contributed by atoms with Gasteiger partial charge >= 0.3 is 12.0 Å². The van der Waals surface area contributed by atoms with E-state index in [4.69, 9.17) is 4.74 Å². The highest BCUT2D eigenvalue weighted by Gasteiger charge is 2.14.